The number of anilines is 1. The number of carbonyl (C=O) groups is 1. The molecule has 0 aliphatic carbocycles. The molecule has 2 heterocycles. The van der Waals surface area contributed by atoms with Gasteiger partial charge in [0.2, 0.25) is 0 Å². The van der Waals surface area contributed by atoms with E-state index in [4.69, 9.17) is 0 Å². The van der Waals surface area contributed by atoms with E-state index in [1.165, 1.54) is 0 Å². The van der Waals surface area contributed by atoms with E-state index in [0.29, 0.717) is 12.2 Å². The van der Waals surface area contributed by atoms with Gasteiger partial charge in [0.25, 0.3) is 5.91 Å². The lowest BCUT2D eigenvalue weighted by Crippen LogP contribution is -2.23. The number of hydrogen-bond acceptors (Lipinski definition) is 5. The molecule has 0 aliphatic heterocycles. The summed E-state index contributed by atoms with van der Waals surface area (Å²) in [6, 6.07) is 3.60. The van der Waals surface area contributed by atoms with Crippen molar-refractivity contribution in [1.29, 1.82) is 0 Å². The molecule has 7 heteroatoms. The molecule has 0 unspecified atom stereocenters. The van der Waals surface area contributed by atoms with Gasteiger partial charge in [-0.25, -0.2) is 0 Å². The van der Waals surface area contributed by atoms with Crippen LogP contribution in [0.15, 0.2) is 30.7 Å². The maximum absolute atomic E-state index is 11.7. The Hall–Kier alpha value is -2.44. The van der Waals surface area contributed by atoms with E-state index in [0.717, 1.165) is 25.2 Å². The largest absolute Gasteiger partial charge is 0.385 e. The Morgan fingerprint density at radius 1 is 1.40 bits per heavy atom. The van der Waals surface area contributed by atoms with E-state index >= 15 is 0 Å². The smallest absolute Gasteiger partial charge is 0.269 e. The SMILES string of the molecule is CCNC(=O)c1cc(NCCCn2ccnn2)ccn1. The van der Waals surface area contributed by atoms with E-state index in [-0.39, 0.29) is 5.91 Å². The fourth-order valence-electron chi connectivity index (χ4n) is 1.74. The highest BCUT2D eigenvalue weighted by Gasteiger charge is 2.05. The van der Waals surface area contributed by atoms with E-state index in [9.17, 15) is 4.79 Å². The molecule has 2 N–H and O–H groups in total. The Kier molecular flexibility index (Phi) is 5.05. The second kappa shape index (κ2) is 7.22. The second-order valence-electron chi connectivity index (χ2n) is 4.24. The van der Waals surface area contributed by atoms with Crippen molar-refractivity contribution in [3.8, 4) is 0 Å². The number of pyridine rings is 1. The first-order valence-corrected chi connectivity index (χ1v) is 6.62. The van der Waals surface area contributed by atoms with Crippen molar-refractivity contribution in [1.82, 2.24) is 25.3 Å². The van der Waals surface area contributed by atoms with Gasteiger partial charge in [0.05, 0.1) is 6.20 Å². The van der Waals surface area contributed by atoms with Crippen molar-refractivity contribution >= 4 is 11.6 Å². The van der Waals surface area contributed by atoms with Crippen LogP contribution in [0.4, 0.5) is 5.69 Å². The number of nitrogens with zero attached hydrogens (tertiary/aromatic N) is 4. The van der Waals surface area contributed by atoms with Crippen LogP contribution in [-0.2, 0) is 6.54 Å². The normalized spacial score (nSPS) is 10.2. The molecule has 20 heavy (non-hydrogen) atoms. The van der Waals surface area contributed by atoms with Gasteiger partial charge in [-0.1, -0.05) is 5.21 Å². The Bertz CT molecular complexity index is 540. The summed E-state index contributed by atoms with van der Waals surface area (Å²) in [5.41, 5.74) is 1.31. The number of hydrogen-bond donors (Lipinski definition) is 2. The summed E-state index contributed by atoms with van der Waals surface area (Å²) in [5, 5.41) is 13.6. The molecule has 0 aliphatic rings. The minimum absolute atomic E-state index is 0.154. The summed E-state index contributed by atoms with van der Waals surface area (Å²) >= 11 is 0. The average Bonchev–Trinajstić information content (AvgIpc) is 2.97. The molecule has 0 spiro atoms. The monoisotopic (exact) mass is 274 g/mol. The highest BCUT2D eigenvalue weighted by Crippen LogP contribution is 2.08. The molecule has 2 rings (SSSR count). The fraction of sp³-hybridized carbons (Fsp3) is 0.385. The van der Waals surface area contributed by atoms with Crippen molar-refractivity contribution in [2.75, 3.05) is 18.4 Å². The van der Waals surface area contributed by atoms with Crippen LogP contribution in [0.1, 0.15) is 23.8 Å². The zero-order chi connectivity index (χ0) is 14.2. The summed E-state index contributed by atoms with van der Waals surface area (Å²) in [6.07, 6.45) is 6.04. The van der Waals surface area contributed by atoms with Crippen molar-refractivity contribution in [2.24, 2.45) is 0 Å². The second-order valence-corrected chi connectivity index (χ2v) is 4.24. The first-order chi connectivity index (χ1) is 9.79. The van der Waals surface area contributed by atoms with E-state index in [1.807, 2.05) is 19.2 Å². The van der Waals surface area contributed by atoms with Gasteiger partial charge in [-0.15, -0.1) is 5.10 Å². The molecule has 1 amide bonds. The van der Waals surface area contributed by atoms with Crippen LogP contribution in [0, 0.1) is 0 Å². The van der Waals surface area contributed by atoms with Gasteiger partial charge < -0.3 is 10.6 Å². The third kappa shape index (κ3) is 4.04. The minimum Gasteiger partial charge on any atom is -0.385 e. The number of carbonyl (C=O) groups excluding carboxylic acids is 1. The van der Waals surface area contributed by atoms with Crippen LogP contribution in [0.2, 0.25) is 0 Å². The van der Waals surface area contributed by atoms with Crippen molar-refractivity contribution < 1.29 is 4.79 Å². The first-order valence-electron chi connectivity index (χ1n) is 6.62. The van der Waals surface area contributed by atoms with Gasteiger partial charge >= 0.3 is 0 Å². The Labute approximate surface area is 117 Å². The molecule has 2 aromatic heterocycles. The summed E-state index contributed by atoms with van der Waals surface area (Å²) in [5.74, 6) is -0.154. The van der Waals surface area contributed by atoms with Crippen LogP contribution in [0.3, 0.4) is 0 Å². The Morgan fingerprint density at radius 3 is 3.05 bits per heavy atom. The molecule has 2 aromatic rings. The number of amides is 1. The quantitative estimate of drug-likeness (QED) is 0.734. The zero-order valence-corrected chi connectivity index (χ0v) is 11.4. The van der Waals surface area contributed by atoms with Crippen molar-refractivity contribution in [3.05, 3.63) is 36.4 Å². The third-order valence-electron chi connectivity index (χ3n) is 2.69. The zero-order valence-electron chi connectivity index (χ0n) is 11.4. The molecule has 0 aromatic carbocycles. The van der Waals surface area contributed by atoms with Crippen LogP contribution in [-0.4, -0.2) is 39.0 Å². The molecular weight excluding hydrogens is 256 g/mol. The molecule has 0 saturated carbocycles. The molecule has 7 nitrogen and oxygen atoms in total. The van der Waals surface area contributed by atoms with Gasteiger partial charge in [-0.05, 0) is 25.5 Å². The fourth-order valence-corrected chi connectivity index (χ4v) is 1.74. The maximum atomic E-state index is 11.7. The molecule has 0 fully saturated rings. The molecular formula is C13H18N6O. The van der Waals surface area contributed by atoms with Crippen LogP contribution in [0.25, 0.3) is 0 Å². The van der Waals surface area contributed by atoms with Gasteiger partial charge in [0.1, 0.15) is 5.69 Å². The molecule has 0 radical (unpaired) electrons. The van der Waals surface area contributed by atoms with Crippen LogP contribution >= 0.6 is 0 Å². The molecule has 0 atom stereocenters. The standard InChI is InChI=1S/C13H18N6O/c1-2-14-13(20)12-10-11(4-6-16-12)15-5-3-8-19-9-7-17-18-19/h4,6-7,9-10H,2-3,5,8H2,1H3,(H,14,20)(H,15,16). The molecule has 106 valence electrons. The van der Waals surface area contributed by atoms with Gasteiger partial charge in [0, 0.05) is 37.7 Å². The predicted octanol–water partition coefficient (Wildman–Crippen LogP) is 0.925. The third-order valence-corrected chi connectivity index (χ3v) is 2.69. The van der Waals surface area contributed by atoms with Crippen LogP contribution < -0.4 is 10.6 Å². The van der Waals surface area contributed by atoms with Gasteiger partial charge in [-0.3, -0.25) is 14.5 Å². The summed E-state index contributed by atoms with van der Waals surface area (Å²) in [6.45, 7) is 4.07. The van der Waals surface area contributed by atoms with Crippen LogP contribution in [0.5, 0.6) is 0 Å². The van der Waals surface area contributed by atoms with Crippen molar-refractivity contribution in [3.63, 3.8) is 0 Å². The first kappa shape index (κ1) is 14.0. The van der Waals surface area contributed by atoms with Crippen molar-refractivity contribution in [2.45, 2.75) is 19.9 Å². The summed E-state index contributed by atoms with van der Waals surface area (Å²) < 4.78 is 1.79. The van der Waals surface area contributed by atoms with Gasteiger partial charge in [0.15, 0.2) is 0 Å². The number of nitrogens with one attached hydrogen (secondary N) is 2. The number of aromatic nitrogens is 4. The number of aryl methyl sites for hydroxylation is 1. The van der Waals surface area contributed by atoms with Gasteiger partial charge in [-0.2, -0.15) is 0 Å². The lowest BCUT2D eigenvalue weighted by atomic mass is 10.3. The van der Waals surface area contributed by atoms with E-state index in [2.05, 4.69) is 25.9 Å². The van der Waals surface area contributed by atoms with E-state index < -0.39 is 0 Å². The highest BCUT2D eigenvalue weighted by molar-refractivity contribution is 5.93. The predicted molar refractivity (Wildman–Crippen MR) is 75.4 cm³/mol. The Morgan fingerprint density at radius 2 is 2.30 bits per heavy atom. The van der Waals surface area contributed by atoms with E-state index in [1.54, 1.807) is 23.1 Å². The lowest BCUT2D eigenvalue weighted by Gasteiger charge is -2.07. The Balaban J connectivity index is 1.80. The minimum atomic E-state index is -0.154. The maximum Gasteiger partial charge on any atom is 0.269 e. The summed E-state index contributed by atoms with van der Waals surface area (Å²) in [7, 11) is 0. The number of rotatable bonds is 7. The average molecular weight is 274 g/mol. The topological polar surface area (TPSA) is 84.7 Å². The summed E-state index contributed by atoms with van der Waals surface area (Å²) in [4.78, 5) is 15.7. The molecule has 0 bridgehead atoms. The highest BCUT2D eigenvalue weighted by atomic mass is 16.1. The lowest BCUT2D eigenvalue weighted by molar-refractivity contribution is 0.0951. The molecule has 0 saturated heterocycles.